The van der Waals surface area contributed by atoms with Gasteiger partial charge in [-0.05, 0) is 48.5 Å². The van der Waals surface area contributed by atoms with Gasteiger partial charge in [-0.3, -0.25) is 0 Å². The first-order chi connectivity index (χ1) is 13.6. The Hall–Kier alpha value is -2.67. The highest BCUT2D eigenvalue weighted by molar-refractivity contribution is 6.30. The Balaban J connectivity index is 1.89. The molecule has 0 atom stereocenters. The van der Waals surface area contributed by atoms with Crippen molar-refractivity contribution in [2.45, 2.75) is 17.8 Å². The number of hydrogen-bond acceptors (Lipinski definition) is 1. The summed E-state index contributed by atoms with van der Waals surface area (Å²) in [7, 11) is 0. The van der Waals surface area contributed by atoms with E-state index >= 15 is 0 Å². The number of alkyl halides is 6. The average molecular weight is 431 g/mol. The van der Waals surface area contributed by atoms with Crippen LogP contribution in [0.15, 0.2) is 78.9 Å². The molecule has 3 aromatic rings. The molecule has 1 nitrogen and oxygen atoms in total. The van der Waals surface area contributed by atoms with E-state index in [1.807, 2.05) is 0 Å². The van der Waals surface area contributed by atoms with Crippen LogP contribution < -0.4 is 4.74 Å². The summed E-state index contributed by atoms with van der Waals surface area (Å²) in [6.45, 7) is 0. The number of para-hydroxylation sites is 1. The number of ether oxygens (including phenoxy) is 1. The maximum absolute atomic E-state index is 14.5. The van der Waals surface area contributed by atoms with E-state index in [1.54, 1.807) is 30.3 Å². The molecule has 0 saturated heterocycles. The molecule has 3 aromatic carbocycles. The largest absolute Gasteiger partial charge is 0.457 e. The number of halogens is 7. The Labute approximate surface area is 167 Å². The van der Waals surface area contributed by atoms with Crippen molar-refractivity contribution in [2.75, 3.05) is 0 Å². The van der Waals surface area contributed by atoms with E-state index < -0.39 is 28.9 Å². The van der Waals surface area contributed by atoms with Crippen LogP contribution in [0.4, 0.5) is 26.3 Å². The van der Waals surface area contributed by atoms with Crippen LogP contribution in [0.25, 0.3) is 0 Å². The highest BCUT2D eigenvalue weighted by Gasteiger charge is 2.72. The lowest BCUT2D eigenvalue weighted by molar-refractivity contribution is -0.321. The minimum Gasteiger partial charge on any atom is -0.457 e. The topological polar surface area (TPSA) is 9.23 Å². The standard InChI is InChI=1S/C21H13ClF6O/c22-16-10-6-14(7-11-16)19(23,24)21(27,28)20(25,26)15-8-12-18(13-9-15)29-17-4-2-1-3-5-17/h1-13H. The Morgan fingerprint density at radius 2 is 0.966 bits per heavy atom. The predicted octanol–water partition coefficient (Wildman–Crippen LogP) is 7.65. The van der Waals surface area contributed by atoms with Gasteiger partial charge in [0.05, 0.1) is 0 Å². The molecule has 0 amide bonds. The summed E-state index contributed by atoms with van der Waals surface area (Å²) in [4.78, 5) is 0. The Kier molecular flexibility index (Phi) is 5.54. The van der Waals surface area contributed by atoms with E-state index in [0.717, 1.165) is 24.3 Å². The Morgan fingerprint density at radius 3 is 1.45 bits per heavy atom. The molecule has 0 radical (unpaired) electrons. The quantitative estimate of drug-likeness (QED) is 0.365. The van der Waals surface area contributed by atoms with E-state index in [0.29, 0.717) is 30.0 Å². The van der Waals surface area contributed by atoms with E-state index in [2.05, 4.69) is 0 Å². The summed E-state index contributed by atoms with van der Waals surface area (Å²) in [6.07, 6.45) is 0. The Bertz CT molecular complexity index is 957. The SMILES string of the molecule is FC(F)(c1ccc(Cl)cc1)C(F)(F)C(F)(F)c1ccc(Oc2ccccc2)cc1. The fourth-order valence-electron chi connectivity index (χ4n) is 2.58. The molecule has 0 aliphatic rings. The summed E-state index contributed by atoms with van der Waals surface area (Å²) in [5.74, 6) is -15.5. The minimum atomic E-state index is -5.70. The minimum absolute atomic E-state index is 0.00799. The second kappa shape index (κ2) is 7.63. The summed E-state index contributed by atoms with van der Waals surface area (Å²) in [5, 5.41) is 0.00799. The molecule has 0 fully saturated rings. The van der Waals surface area contributed by atoms with Crippen LogP contribution >= 0.6 is 11.6 Å². The molecule has 0 aromatic heterocycles. The molecule has 29 heavy (non-hydrogen) atoms. The van der Waals surface area contributed by atoms with Gasteiger partial charge in [0.2, 0.25) is 0 Å². The van der Waals surface area contributed by atoms with Crippen LogP contribution in [-0.4, -0.2) is 5.92 Å². The summed E-state index contributed by atoms with van der Waals surface area (Å²) in [6, 6.07) is 14.6. The van der Waals surface area contributed by atoms with Crippen molar-refractivity contribution in [3.8, 4) is 11.5 Å². The van der Waals surface area contributed by atoms with Crippen LogP contribution in [0, 0.1) is 0 Å². The monoisotopic (exact) mass is 430 g/mol. The highest BCUT2D eigenvalue weighted by Crippen LogP contribution is 2.55. The number of hydrogen-bond donors (Lipinski definition) is 0. The first-order valence-electron chi connectivity index (χ1n) is 8.28. The van der Waals surface area contributed by atoms with Crippen LogP contribution in [0.5, 0.6) is 11.5 Å². The number of rotatable bonds is 6. The maximum Gasteiger partial charge on any atom is 0.380 e. The van der Waals surface area contributed by atoms with Crippen molar-refractivity contribution in [1.82, 2.24) is 0 Å². The molecule has 0 N–H and O–H groups in total. The van der Waals surface area contributed by atoms with Crippen LogP contribution in [0.3, 0.4) is 0 Å². The fourth-order valence-corrected chi connectivity index (χ4v) is 2.70. The smallest absolute Gasteiger partial charge is 0.380 e. The molecule has 0 saturated carbocycles. The van der Waals surface area contributed by atoms with Crippen molar-refractivity contribution >= 4 is 11.6 Å². The van der Waals surface area contributed by atoms with Crippen molar-refractivity contribution in [3.63, 3.8) is 0 Å². The molecule has 0 heterocycles. The zero-order valence-corrected chi connectivity index (χ0v) is 15.3. The molecule has 152 valence electrons. The normalized spacial score (nSPS) is 12.7. The maximum atomic E-state index is 14.5. The van der Waals surface area contributed by atoms with Gasteiger partial charge in [-0.2, -0.15) is 26.3 Å². The van der Waals surface area contributed by atoms with E-state index in [1.165, 1.54) is 0 Å². The molecule has 0 spiro atoms. The van der Waals surface area contributed by atoms with Crippen LogP contribution in [0.2, 0.25) is 5.02 Å². The second-order valence-corrected chi connectivity index (χ2v) is 6.61. The molecule has 0 unspecified atom stereocenters. The van der Waals surface area contributed by atoms with Crippen molar-refractivity contribution in [3.05, 3.63) is 95.0 Å². The summed E-state index contributed by atoms with van der Waals surface area (Å²) < 4.78 is 91.6. The van der Waals surface area contributed by atoms with E-state index in [9.17, 15) is 26.3 Å². The van der Waals surface area contributed by atoms with Gasteiger partial charge < -0.3 is 4.74 Å². The second-order valence-electron chi connectivity index (χ2n) is 6.17. The van der Waals surface area contributed by atoms with E-state index in [4.69, 9.17) is 16.3 Å². The van der Waals surface area contributed by atoms with Crippen molar-refractivity contribution in [2.24, 2.45) is 0 Å². The molecule has 0 aliphatic heterocycles. The van der Waals surface area contributed by atoms with E-state index in [-0.39, 0.29) is 10.8 Å². The van der Waals surface area contributed by atoms with Gasteiger partial charge in [-0.15, -0.1) is 0 Å². The van der Waals surface area contributed by atoms with Gasteiger partial charge in [0.1, 0.15) is 11.5 Å². The van der Waals surface area contributed by atoms with Crippen LogP contribution in [0.1, 0.15) is 11.1 Å². The molecular formula is C21H13ClF6O. The fraction of sp³-hybridized carbons (Fsp3) is 0.143. The van der Waals surface area contributed by atoms with Gasteiger partial charge in [-0.1, -0.05) is 41.9 Å². The molecular weight excluding hydrogens is 418 g/mol. The van der Waals surface area contributed by atoms with Gasteiger partial charge in [0.25, 0.3) is 0 Å². The molecule has 0 bridgehead atoms. The van der Waals surface area contributed by atoms with Gasteiger partial charge in [0.15, 0.2) is 0 Å². The lowest BCUT2D eigenvalue weighted by Crippen LogP contribution is -2.50. The van der Waals surface area contributed by atoms with Gasteiger partial charge in [0, 0.05) is 16.1 Å². The lowest BCUT2D eigenvalue weighted by Gasteiger charge is -2.33. The predicted molar refractivity (Wildman–Crippen MR) is 97.1 cm³/mol. The summed E-state index contributed by atoms with van der Waals surface area (Å²) in [5.41, 5.74) is -2.54. The molecule has 0 aliphatic carbocycles. The first-order valence-corrected chi connectivity index (χ1v) is 8.66. The Morgan fingerprint density at radius 1 is 0.552 bits per heavy atom. The molecule has 3 rings (SSSR count). The van der Waals surface area contributed by atoms with Crippen molar-refractivity contribution in [1.29, 1.82) is 0 Å². The van der Waals surface area contributed by atoms with Gasteiger partial charge >= 0.3 is 17.8 Å². The third kappa shape index (κ3) is 3.92. The lowest BCUT2D eigenvalue weighted by atomic mass is 9.93. The molecule has 8 heteroatoms. The van der Waals surface area contributed by atoms with Gasteiger partial charge in [-0.25, -0.2) is 0 Å². The third-order valence-electron chi connectivity index (χ3n) is 4.19. The van der Waals surface area contributed by atoms with Crippen LogP contribution in [-0.2, 0) is 11.8 Å². The average Bonchev–Trinajstić information content (AvgIpc) is 2.69. The highest BCUT2D eigenvalue weighted by atomic mass is 35.5. The zero-order valence-electron chi connectivity index (χ0n) is 14.6. The first kappa shape index (κ1) is 21.0. The van der Waals surface area contributed by atoms with Crippen molar-refractivity contribution < 1.29 is 31.1 Å². The number of benzene rings is 3. The zero-order chi connectivity index (χ0) is 21.3. The third-order valence-corrected chi connectivity index (χ3v) is 4.44. The summed E-state index contributed by atoms with van der Waals surface area (Å²) >= 11 is 5.54.